The maximum absolute atomic E-state index is 12.1. The molecule has 1 amide bonds. The Morgan fingerprint density at radius 1 is 1.36 bits per heavy atom. The first-order valence-electron chi connectivity index (χ1n) is 6.73. The number of benzene rings is 1. The molecule has 4 nitrogen and oxygen atoms in total. The van der Waals surface area contributed by atoms with Gasteiger partial charge in [0.2, 0.25) is 0 Å². The van der Waals surface area contributed by atoms with Crippen LogP contribution in [0.5, 0.6) is 5.75 Å². The van der Waals surface area contributed by atoms with Gasteiger partial charge in [-0.1, -0.05) is 0 Å². The highest BCUT2D eigenvalue weighted by Crippen LogP contribution is 2.25. The van der Waals surface area contributed by atoms with Crippen molar-refractivity contribution in [1.82, 2.24) is 5.32 Å². The largest absolute Gasteiger partial charge is 0.483 e. The molecule has 0 saturated carbocycles. The van der Waals surface area contributed by atoms with Gasteiger partial charge in [0.15, 0.2) is 6.61 Å². The third kappa shape index (κ3) is 5.31. The van der Waals surface area contributed by atoms with E-state index in [1.807, 2.05) is 22.6 Å². The summed E-state index contributed by atoms with van der Waals surface area (Å²) in [5, 5.41) is 2.90. The molecule has 2 rings (SSSR count). The second-order valence-electron chi connectivity index (χ2n) is 4.91. The number of carbonyl (C=O) groups excluding carboxylic acids is 1. The molecule has 8 heteroatoms. The minimum Gasteiger partial charge on any atom is -0.483 e. The number of rotatable bonds is 4. The lowest BCUT2D eigenvalue weighted by Crippen LogP contribution is -2.38. The number of carbonyl (C=O) groups is 1. The molecular formula is C14H15F3INO3. The standard InChI is InChI=1S/C14H15F3INO3/c15-14(16,17)8-22-12-2-1-9(7-11(12)18)13(20)19-10-3-5-21-6-4-10/h1-2,7,10H,3-6,8H2,(H,19,20). The summed E-state index contributed by atoms with van der Waals surface area (Å²) in [6.07, 6.45) is -2.87. The van der Waals surface area contributed by atoms with Gasteiger partial charge in [0.1, 0.15) is 5.75 Å². The molecule has 0 unspecified atom stereocenters. The van der Waals surface area contributed by atoms with Crippen LogP contribution in [0, 0.1) is 3.57 Å². The molecule has 1 saturated heterocycles. The summed E-state index contributed by atoms with van der Waals surface area (Å²) in [7, 11) is 0. The van der Waals surface area contributed by atoms with Crippen LogP contribution in [0.15, 0.2) is 18.2 Å². The van der Waals surface area contributed by atoms with Gasteiger partial charge in [-0.15, -0.1) is 0 Å². The second-order valence-corrected chi connectivity index (χ2v) is 6.07. The molecule has 22 heavy (non-hydrogen) atoms. The van der Waals surface area contributed by atoms with E-state index in [2.05, 4.69) is 5.32 Å². The first kappa shape index (κ1) is 17.3. The molecule has 0 radical (unpaired) electrons. The molecule has 0 aliphatic carbocycles. The van der Waals surface area contributed by atoms with Crippen LogP contribution in [0.4, 0.5) is 13.2 Å². The Morgan fingerprint density at radius 3 is 2.64 bits per heavy atom. The fourth-order valence-electron chi connectivity index (χ4n) is 2.03. The van der Waals surface area contributed by atoms with Gasteiger partial charge < -0.3 is 14.8 Å². The average Bonchev–Trinajstić information content (AvgIpc) is 2.46. The molecule has 1 aromatic rings. The lowest BCUT2D eigenvalue weighted by atomic mass is 10.1. The van der Waals surface area contributed by atoms with E-state index in [0.717, 1.165) is 12.8 Å². The number of amides is 1. The molecule has 1 aromatic carbocycles. The van der Waals surface area contributed by atoms with Gasteiger partial charge in [-0.25, -0.2) is 0 Å². The lowest BCUT2D eigenvalue weighted by Gasteiger charge is -2.23. The smallest absolute Gasteiger partial charge is 0.422 e. The van der Waals surface area contributed by atoms with Gasteiger partial charge in [0.05, 0.1) is 3.57 Å². The van der Waals surface area contributed by atoms with Crippen LogP contribution in [-0.2, 0) is 4.74 Å². The minimum atomic E-state index is -4.39. The first-order chi connectivity index (χ1) is 10.3. The summed E-state index contributed by atoms with van der Waals surface area (Å²) in [5.41, 5.74) is 0.398. The number of ether oxygens (including phenoxy) is 2. The molecule has 1 aliphatic heterocycles. The highest BCUT2D eigenvalue weighted by atomic mass is 127. The van der Waals surface area contributed by atoms with Crippen molar-refractivity contribution in [3.8, 4) is 5.75 Å². The van der Waals surface area contributed by atoms with Crippen molar-refractivity contribution in [3.05, 3.63) is 27.3 Å². The highest BCUT2D eigenvalue weighted by Gasteiger charge is 2.28. The van der Waals surface area contributed by atoms with Crippen molar-refractivity contribution in [3.63, 3.8) is 0 Å². The van der Waals surface area contributed by atoms with Crippen LogP contribution < -0.4 is 10.1 Å². The van der Waals surface area contributed by atoms with E-state index in [1.165, 1.54) is 18.2 Å². The van der Waals surface area contributed by atoms with Crippen molar-refractivity contribution >= 4 is 28.5 Å². The molecule has 0 atom stereocenters. The fourth-order valence-corrected chi connectivity index (χ4v) is 2.70. The van der Waals surface area contributed by atoms with E-state index in [4.69, 9.17) is 9.47 Å². The summed E-state index contributed by atoms with van der Waals surface area (Å²) in [5.74, 6) is -0.132. The van der Waals surface area contributed by atoms with Crippen molar-refractivity contribution in [2.45, 2.75) is 25.1 Å². The van der Waals surface area contributed by atoms with Gasteiger partial charge in [-0.3, -0.25) is 4.79 Å². The molecule has 1 N–H and O–H groups in total. The normalized spacial score (nSPS) is 16.4. The second kappa shape index (κ2) is 7.49. The third-order valence-corrected chi connectivity index (χ3v) is 3.98. The Morgan fingerprint density at radius 2 is 2.05 bits per heavy atom. The third-order valence-electron chi connectivity index (χ3n) is 3.14. The Bertz CT molecular complexity index is 531. The van der Waals surface area contributed by atoms with Crippen molar-refractivity contribution in [2.75, 3.05) is 19.8 Å². The monoisotopic (exact) mass is 429 g/mol. The SMILES string of the molecule is O=C(NC1CCOCC1)c1ccc(OCC(F)(F)F)c(I)c1. The van der Waals surface area contributed by atoms with Crippen LogP contribution in [0.2, 0.25) is 0 Å². The number of halogens is 4. The Labute approximate surface area is 139 Å². The van der Waals surface area contributed by atoms with E-state index in [-0.39, 0.29) is 17.7 Å². The lowest BCUT2D eigenvalue weighted by molar-refractivity contribution is -0.153. The van der Waals surface area contributed by atoms with E-state index in [9.17, 15) is 18.0 Å². The molecule has 0 aromatic heterocycles. The van der Waals surface area contributed by atoms with E-state index >= 15 is 0 Å². The first-order valence-corrected chi connectivity index (χ1v) is 7.81. The van der Waals surface area contributed by atoms with Crippen molar-refractivity contribution < 1.29 is 27.4 Å². The summed E-state index contributed by atoms with van der Waals surface area (Å²) >= 11 is 1.85. The van der Waals surface area contributed by atoms with Gasteiger partial charge >= 0.3 is 6.18 Å². The fraction of sp³-hybridized carbons (Fsp3) is 0.500. The number of hydrogen-bond acceptors (Lipinski definition) is 3. The Kier molecular flexibility index (Phi) is 5.90. The molecule has 1 aliphatic rings. The summed E-state index contributed by atoms with van der Waals surface area (Å²) in [6, 6.07) is 4.43. The number of alkyl halides is 3. The van der Waals surface area contributed by atoms with Crippen LogP contribution in [0.1, 0.15) is 23.2 Å². The molecule has 1 fully saturated rings. The van der Waals surface area contributed by atoms with Gasteiger partial charge in [0.25, 0.3) is 5.91 Å². The predicted octanol–water partition coefficient (Wildman–Crippen LogP) is 3.14. The topological polar surface area (TPSA) is 47.6 Å². The van der Waals surface area contributed by atoms with E-state index in [0.29, 0.717) is 22.3 Å². The van der Waals surface area contributed by atoms with E-state index in [1.54, 1.807) is 0 Å². The zero-order valence-corrected chi connectivity index (χ0v) is 13.7. The van der Waals surface area contributed by atoms with Gasteiger partial charge in [-0.05, 0) is 53.6 Å². The zero-order valence-electron chi connectivity index (χ0n) is 11.6. The minimum absolute atomic E-state index is 0.0695. The Hall–Kier alpha value is -1.03. The quantitative estimate of drug-likeness (QED) is 0.749. The summed E-state index contributed by atoms with van der Waals surface area (Å²) in [6.45, 7) is -0.115. The molecular weight excluding hydrogens is 414 g/mol. The highest BCUT2D eigenvalue weighted by molar-refractivity contribution is 14.1. The molecule has 1 heterocycles. The maximum atomic E-state index is 12.1. The number of hydrogen-bond donors (Lipinski definition) is 1. The van der Waals surface area contributed by atoms with Crippen LogP contribution in [0.3, 0.4) is 0 Å². The predicted molar refractivity (Wildman–Crippen MR) is 82.0 cm³/mol. The number of nitrogens with one attached hydrogen (secondary N) is 1. The van der Waals surface area contributed by atoms with Crippen molar-refractivity contribution in [2.24, 2.45) is 0 Å². The van der Waals surface area contributed by atoms with Crippen LogP contribution >= 0.6 is 22.6 Å². The average molecular weight is 429 g/mol. The molecule has 0 bridgehead atoms. The molecule has 0 spiro atoms. The van der Waals surface area contributed by atoms with E-state index < -0.39 is 12.8 Å². The maximum Gasteiger partial charge on any atom is 0.422 e. The van der Waals surface area contributed by atoms with Crippen LogP contribution in [0.25, 0.3) is 0 Å². The van der Waals surface area contributed by atoms with Gasteiger partial charge in [0, 0.05) is 24.8 Å². The van der Waals surface area contributed by atoms with Crippen LogP contribution in [-0.4, -0.2) is 37.9 Å². The van der Waals surface area contributed by atoms with Gasteiger partial charge in [-0.2, -0.15) is 13.2 Å². The molecule has 122 valence electrons. The Balaban J connectivity index is 1.97. The summed E-state index contributed by atoms with van der Waals surface area (Å²) < 4.78 is 46.8. The summed E-state index contributed by atoms with van der Waals surface area (Å²) in [4.78, 5) is 12.1. The zero-order chi connectivity index (χ0) is 16.2. The van der Waals surface area contributed by atoms with Crippen molar-refractivity contribution in [1.29, 1.82) is 0 Å².